The van der Waals surface area contributed by atoms with Gasteiger partial charge in [-0.3, -0.25) is 4.79 Å². The normalized spacial score (nSPS) is 15.3. The van der Waals surface area contributed by atoms with Gasteiger partial charge in [-0.2, -0.15) is 0 Å². The van der Waals surface area contributed by atoms with Crippen LogP contribution in [0.5, 0.6) is 5.88 Å². The number of urea groups is 1. The second-order valence-corrected chi connectivity index (χ2v) is 5.15. The van der Waals surface area contributed by atoms with Crippen LogP contribution in [0.15, 0.2) is 18.3 Å². The number of nitrogens with zero attached hydrogens (tertiary/aromatic N) is 2. The number of piperidine rings is 1. The molecule has 0 aromatic carbocycles. The number of hydrogen-bond acceptors (Lipinski definition) is 4. The van der Waals surface area contributed by atoms with E-state index in [1.165, 1.54) is 0 Å². The van der Waals surface area contributed by atoms with E-state index in [2.05, 4.69) is 15.6 Å². The predicted octanol–water partition coefficient (Wildman–Crippen LogP) is 1.61. The number of likely N-dealkylation sites (tertiary alicyclic amines) is 1. The highest BCUT2D eigenvalue weighted by molar-refractivity contribution is 5.90. The lowest BCUT2D eigenvalue weighted by Gasteiger charge is -2.31. The van der Waals surface area contributed by atoms with Gasteiger partial charge in [-0.05, 0) is 6.07 Å². The van der Waals surface area contributed by atoms with E-state index in [1.54, 1.807) is 37.2 Å². The molecule has 2 N–H and O–H groups in total. The number of amides is 3. The number of anilines is 1. The van der Waals surface area contributed by atoms with Crippen LogP contribution in [0.3, 0.4) is 0 Å². The Bertz CT molecular complexity index is 510. The number of carbonyl (C=O) groups excluding carboxylic acids is 2. The van der Waals surface area contributed by atoms with Gasteiger partial charge in [-0.1, -0.05) is 6.92 Å². The highest BCUT2D eigenvalue weighted by Gasteiger charge is 2.23. The Morgan fingerprint density at radius 1 is 1.36 bits per heavy atom. The number of carbonyl (C=O) groups is 2. The lowest BCUT2D eigenvalue weighted by Crippen LogP contribution is -2.45. The number of nitrogens with one attached hydrogen (secondary N) is 2. The minimum Gasteiger partial charge on any atom is -0.474 e. The Morgan fingerprint density at radius 2 is 2.09 bits per heavy atom. The van der Waals surface area contributed by atoms with Crippen LogP contribution >= 0.6 is 0 Å². The van der Waals surface area contributed by atoms with Gasteiger partial charge < -0.3 is 20.3 Å². The van der Waals surface area contributed by atoms with Gasteiger partial charge in [0.2, 0.25) is 11.8 Å². The van der Waals surface area contributed by atoms with Crippen LogP contribution in [0.4, 0.5) is 10.5 Å². The number of rotatable bonds is 4. The summed E-state index contributed by atoms with van der Waals surface area (Å²) in [7, 11) is 1.63. The first-order chi connectivity index (χ1) is 10.6. The van der Waals surface area contributed by atoms with Crippen molar-refractivity contribution in [3.63, 3.8) is 0 Å². The Morgan fingerprint density at radius 3 is 2.64 bits per heavy atom. The lowest BCUT2D eigenvalue weighted by molar-refractivity contribution is -0.115. The molecular formula is C15H22N4O3. The molecule has 1 aliphatic rings. The quantitative estimate of drug-likeness (QED) is 0.885. The zero-order valence-electron chi connectivity index (χ0n) is 13.0. The monoisotopic (exact) mass is 306 g/mol. The average molecular weight is 306 g/mol. The first-order valence-corrected chi connectivity index (χ1v) is 7.51. The van der Waals surface area contributed by atoms with Crippen molar-refractivity contribution in [1.82, 2.24) is 15.2 Å². The fourth-order valence-corrected chi connectivity index (χ4v) is 2.28. The Balaban J connectivity index is 1.82. The summed E-state index contributed by atoms with van der Waals surface area (Å²) in [5.74, 6) is 0.491. The zero-order chi connectivity index (χ0) is 15.9. The molecule has 1 aromatic rings. The number of hydrogen-bond donors (Lipinski definition) is 2. The molecule has 0 radical (unpaired) electrons. The highest BCUT2D eigenvalue weighted by atomic mass is 16.5. The Kier molecular flexibility index (Phi) is 5.57. The molecule has 0 bridgehead atoms. The predicted molar refractivity (Wildman–Crippen MR) is 82.8 cm³/mol. The number of pyridine rings is 1. The van der Waals surface area contributed by atoms with Gasteiger partial charge in [0, 0.05) is 45.5 Å². The van der Waals surface area contributed by atoms with E-state index in [0.717, 1.165) is 12.8 Å². The van der Waals surface area contributed by atoms with Crippen LogP contribution in [-0.4, -0.2) is 48.1 Å². The number of ether oxygens (including phenoxy) is 1. The van der Waals surface area contributed by atoms with Crippen molar-refractivity contribution in [3.8, 4) is 5.88 Å². The van der Waals surface area contributed by atoms with E-state index in [9.17, 15) is 9.59 Å². The molecule has 7 heteroatoms. The molecule has 2 heterocycles. The van der Waals surface area contributed by atoms with Gasteiger partial charge in [-0.25, -0.2) is 9.78 Å². The van der Waals surface area contributed by atoms with Crippen LogP contribution in [0.25, 0.3) is 0 Å². The van der Waals surface area contributed by atoms with E-state index in [0.29, 0.717) is 31.1 Å². The first-order valence-electron chi connectivity index (χ1n) is 7.51. The summed E-state index contributed by atoms with van der Waals surface area (Å²) in [6.45, 7) is 3.15. The third-order valence-electron chi connectivity index (χ3n) is 3.57. The van der Waals surface area contributed by atoms with Crippen molar-refractivity contribution < 1.29 is 14.3 Å². The maximum absolute atomic E-state index is 11.5. The molecule has 0 spiro atoms. The van der Waals surface area contributed by atoms with E-state index in [1.807, 2.05) is 0 Å². The fourth-order valence-electron chi connectivity index (χ4n) is 2.28. The third kappa shape index (κ3) is 4.34. The second-order valence-electron chi connectivity index (χ2n) is 5.15. The molecule has 120 valence electrons. The molecule has 1 fully saturated rings. The minimum atomic E-state index is -0.0485. The van der Waals surface area contributed by atoms with Gasteiger partial charge in [0.1, 0.15) is 6.10 Å². The third-order valence-corrected chi connectivity index (χ3v) is 3.57. The summed E-state index contributed by atoms with van der Waals surface area (Å²) >= 11 is 0. The zero-order valence-corrected chi connectivity index (χ0v) is 13.0. The van der Waals surface area contributed by atoms with Crippen LogP contribution in [0.1, 0.15) is 26.2 Å². The summed E-state index contributed by atoms with van der Waals surface area (Å²) < 4.78 is 5.82. The number of aromatic nitrogens is 1. The molecule has 1 aliphatic heterocycles. The molecule has 0 atom stereocenters. The molecule has 1 saturated heterocycles. The molecule has 2 rings (SSSR count). The van der Waals surface area contributed by atoms with Gasteiger partial charge in [0.15, 0.2) is 0 Å². The van der Waals surface area contributed by atoms with Crippen molar-refractivity contribution >= 4 is 17.6 Å². The second kappa shape index (κ2) is 7.63. The minimum absolute atomic E-state index is 0.0444. The van der Waals surface area contributed by atoms with E-state index < -0.39 is 0 Å². The maximum atomic E-state index is 11.5. The van der Waals surface area contributed by atoms with Crippen LogP contribution in [0, 0.1) is 0 Å². The topological polar surface area (TPSA) is 83.6 Å². The summed E-state index contributed by atoms with van der Waals surface area (Å²) in [5.41, 5.74) is 0.661. The first kappa shape index (κ1) is 16.1. The van der Waals surface area contributed by atoms with Gasteiger partial charge in [-0.15, -0.1) is 0 Å². The van der Waals surface area contributed by atoms with E-state index >= 15 is 0 Å². The van der Waals surface area contributed by atoms with Crippen LogP contribution in [-0.2, 0) is 4.79 Å². The average Bonchev–Trinajstić information content (AvgIpc) is 2.56. The van der Waals surface area contributed by atoms with Crippen molar-refractivity contribution in [1.29, 1.82) is 0 Å². The standard InChI is InChI=1S/C15H22N4O3/c1-3-13(20)18-11-4-5-14(17-10-11)22-12-6-8-19(9-7-12)15(21)16-2/h4-5,10,12H,3,6-9H2,1-2H3,(H,16,21)(H,18,20). The molecule has 3 amide bonds. The smallest absolute Gasteiger partial charge is 0.317 e. The summed E-state index contributed by atoms with van der Waals surface area (Å²) in [6, 6.07) is 3.47. The molecule has 0 unspecified atom stereocenters. The molecule has 0 saturated carbocycles. The van der Waals surface area contributed by atoms with Crippen LogP contribution in [0.2, 0.25) is 0 Å². The summed E-state index contributed by atoms with van der Waals surface area (Å²) in [6.07, 6.45) is 3.64. The lowest BCUT2D eigenvalue weighted by atomic mass is 10.1. The largest absolute Gasteiger partial charge is 0.474 e. The Labute approximate surface area is 130 Å². The SMILES string of the molecule is CCC(=O)Nc1ccc(OC2CCN(C(=O)NC)CC2)nc1. The van der Waals surface area contributed by atoms with Crippen molar-refractivity contribution in [3.05, 3.63) is 18.3 Å². The van der Waals surface area contributed by atoms with Gasteiger partial charge in [0.25, 0.3) is 0 Å². The molecule has 22 heavy (non-hydrogen) atoms. The van der Waals surface area contributed by atoms with Gasteiger partial charge >= 0.3 is 6.03 Å². The van der Waals surface area contributed by atoms with Crippen molar-refractivity contribution in [2.24, 2.45) is 0 Å². The molecular weight excluding hydrogens is 284 g/mol. The van der Waals surface area contributed by atoms with Crippen LogP contribution < -0.4 is 15.4 Å². The summed E-state index contributed by atoms with van der Waals surface area (Å²) in [4.78, 5) is 28.8. The van der Waals surface area contributed by atoms with E-state index in [4.69, 9.17) is 4.74 Å². The van der Waals surface area contributed by atoms with E-state index in [-0.39, 0.29) is 18.0 Å². The fraction of sp³-hybridized carbons (Fsp3) is 0.533. The molecule has 1 aromatic heterocycles. The van der Waals surface area contributed by atoms with Crippen molar-refractivity contribution in [2.45, 2.75) is 32.3 Å². The highest BCUT2D eigenvalue weighted by Crippen LogP contribution is 2.18. The maximum Gasteiger partial charge on any atom is 0.317 e. The molecule has 0 aliphatic carbocycles. The van der Waals surface area contributed by atoms with Gasteiger partial charge in [0.05, 0.1) is 11.9 Å². The van der Waals surface area contributed by atoms with Crippen molar-refractivity contribution in [2.75, 3.05) is 25.5 Å². The Hall–Kier alpha value is -2.31. The molecule has 7 nitrogen and oxygen atoms in total. The summed E-state index contributed by atoms with van der Waals surface area (Å²) in [5, 5.41) is 5.36.